The van der Waals surface area contributed by atoms with Crippen molar-refractivity contribution in [2.75, 3.05) is 6.61 Å². The third-order valence-corrected chi connectivity index (χ3v) is 2.34. The lowest BCUT2D eigenvalue weighted by Gasteiger charge is -2.06. The minimum absolute atomic E-state index is 0.0171. The van der Waals surface area contributed by atoms with Gasteiger partial charge in [0.1, 0.15) is 0 Å². The van der Waals surface area contributed by atoms with Crippen LogP contribution in [0.5, 0.6) is 0 Å². The lowest BCUT2D eigenvalue weighted by Crippen LogP contribution is -1.89. The zero-order valence-electron chi connectivity index (χ0n) is 4.83. The summed E-state index contributed by atoms with van der Waals surface area (Å²) in [7, 11) is -3.74. The van der Waals surface area contributed by atoms with E-state index in [1.807, 2.05) is 0 Å². The van der Waals surface area contributed by atoms with Crippen molar-refractivity contribution in [3.63, 3.8) is 0 Å². The van der Waals surface area contributed by atoms with Gasteiger partial charge in [0.25, 0.3) is 0 Å². The van der Waals surface area contributed by atoms with E-state index in [9.17, 15) is 4.57 Å². The summed E-state index contributed by atoms with van der Waals surface area (Å²) < 4.78 is 22.7. The number of hydrogen-bond acceptors (Lipinski definition) is 4. The fourth-order valence-electron chi connectivity index (χ4n) is 0.194. The van der Waals surface area contributed by atoms with Gasteiger partial charge in [0, 0.05) is 0 Å². The maximum absolute atomic E-state index is 10.7. The number of phosphoric acid groups is 1. The molecular formula is C3H5Cl2O4P. The first-order chi connectivity index (χ1) is 4.68. The Morgan fingerprint density at radius 2 is 2.00 bits per heavy atom. The van der Waals surface area contributed by atoms with Gasteiger partial charge < -0.3 is 0 Å². The average molecular weight is 207 g/mol. The van der Waals surface area contributed by atoms with Gasteiger partial charge in [-0.05, 0) is 0 Å². The second-order valence-electron chi connectivity index (χ2n) is 1.17. The van der Waals surface area contributed by atoms with Crippen molar-refractivity contribution in [1.82, 2.24) is 0 Å². The highest BCUT2D eigenvalue weighted by Gasteiger charge is 2.25. The molecule has 0 aromatic heterocycles. The van der Waals surface area contributed by atoms with Gasteiger partial charge in [-0.15, -0.1) is 6.58 Å². The van der Waals surface area contributed by atoms with Crippen LogP contribution in [-0.4, -0.2) is 6.61 Å². The van der Waals surface area contributed by atoms with Crippen molar-refractivity contribution >= 4 is 31.6 Å². The van der Waals surface area contributed by atoms with E-state index in [4.69, 9.17) is 23.7 Å². The first kappa shape index (κ1) is 10.4. The Kier molecular flexibility index (Phi) is 5.35. The smallest absolute Gasteiger partial charge is 0.281 e. The summed E-state index contributed by atoms with van der Waals surface area (Å²) in [6.45, 7) is 3.27. The van der Waals surface area contributed by atoms with E-state index < -0.39 is 7.82 Å². The molecule has 0 amide bonds. The van der Waals surface area contributed by atoms with E-state index in [0.29, 0.717) is 0 Å². The molecule has 10 heavy (non-hydrogen) atoms. The summed E-state index contributed by atoms with van der Waals surface area (Å²) >= 11 is 9.43. The molecule has 0 heterocycles. The highest BCUT2D eigenvalue weighted by Crippen LogP contribution is 2.51. The highest BCUT2D eigenvalue weighted by atomic mass is 35.5. The van der Waals surface area contributed by atoms with Gasteiger partial charge in [0.15, 0.2) is 0 Å². The van der Waals surface area contributed by atoms with Gasteiger partial charge in [-0.25, -0.2) is 4.57 Å². The van der Waals surface area contributed by atoms with E-state index >= 15 is 0 Å². The molecule has 0 aromatic rings. The van der Waals surface area contributed by atoms with Crippen LogP contribution in [0.25, 0.3) is 0 Å². The highest BCUT2D eigenvalue weighted by molar-refractivity contribution is 7.50. The van der Waals surface area contributed by atoms with Gasteiger partial charge in [-0.3, -0.25) is 4.52 Å². The van der Waals surface area contributed by atoms with Crippen LogP contribution in [0, 0.1) is 0 Å². The molecule has 0 saturated heterocycles. The van der Waals surface area contributed by atoms with Gasteiger partial charge in [-0.1, -0.05) is 6.08 Å². The second kappa shape index (κ2) is 5.13. The van der Waals surface area contributed by atoms with Crippen molar-refractivity contribution in [3.05, 3.63) is 12.7 Å². The molecule has 4 nitrogen and oxygen atoms in total. The van der Waals surface area contributed by atoms with Crippen LogP contribution >= 0.6 is 31.6 Å². The average Bonchev–Trinajstić information content (AvgIpc) is 2.00. The predicted molar refractivity (Wildman–Crippen MR) is 37.6 cm³/mol. The molecule has 0 aromatic carbocycles. The summed E-state index contributed by atoms with van der Waals surface area (Å²) in [5.41, 5.74) is 0. The Morgan fingerprint density at radius 1 is 1.50 bits per heavy atom. The topological polar surface area (TPSA) is 44.8 Å². The van der Waals surface area contributed by atoms with Crippen molar-refractivity contribution < 1.29 is 17.2 Å². The molecule has 0 aliphatic carbocycles. The predicted octanol–water partition coefficient (Wildman–Crippen LogP) is 2.64. The Bertz CT molecular complexity index is 141. The van der Waals surface area contributed by atoms with E-state index in [2.05, 4.69) is 19.3 Å². The molecule has 0 fully saturated rings. The normalized spacial score (nSPS) is 11.4. The third-order valence-electron chi connectivity index (χ3n) is 0.520. The van der Waals surface area contributed by atoms with Crippen LogP contribution in [0.4, 0.5) is 0 Å². The summed E-state index contributed by atoms with van der Waals surface area (Å²) in [5, 5.41) is 0. The molecule has 0 aliphatic heterocycles. The maximum Gasteiger partial charge on any atom is 0.508 e. The molecule has 0 radical (unpaired) electrons. The largest absolute Gasteiger partial charge is 0.508 e. The lowest BCUT2D eigenvalue weighted by molar-refractivity contribution is 0.241. The van der Waals surface area contributed by atoms with Crippen molar-refractivity contribution in [2.24, 2.45) is 0 Å². The first-order valence-electron chi connectivity index (χ1n) is 2.14. The van der Waals surface area contributed by atoms with Crippen molar-refractivity contribution in [2.45, 2.75) is 0 Å². The fourth-order valence-corrected chi connectivity index (χ4v) is 1.08. The number of rotatable bonds is 5. The molecule has 0 unspecified atom stereocenters. The minimum Gasteiger partial charge on any atom is -0.281 e. The quantitative estimate of drug-likeness (QED) is 0.513. The fraction of sp³-hybridized carbons (Fsp3) is 0.333. The molecule has 7 heteroatoms. The molecule has 0 rings (SSSR count). The van der Waals surface area contributed by atoms with E-state index in [1.54, 1.807) is 0 Å². The van der Waals surface area contributed by atoms with Crippen LogP contribution in [0.3, 0.4) is 0 Å². The lowest BCUT2D eigenvalue weighted by atomic mass is 10.7. The maximum atomic E-state index is 10.7. The Balaban J connectivity index is 3.81. The van der Waals surface area contributed by atoms with E-state index in [-0.39, 0.29) is 6.61 Å². The van der Waals surface area contributed by atoms with Gasteiger partial charge in [-0.2, -0.15) is 8.15 Å². The third kappa shape index (κ3) is 3.56. The van der Waals surface area contributed by atoms with Crippen LogP contribution in [0.1, 0.15) is 0 Å². The first-order valence-corrected chi connectivity index (χ1v) is 4.22. The molecule has 0 bridgehead atoms. The molecule has 0 saturated carbocycles. The Labute approximate surface area is 68.6 Å². The summed E-state index contributed by atoms with van der Waals surface area (Å²) in [6, 6.07) is 0. The monoisotopic (exact) mass is 206 g/mol. The van der Waals surface area contributed by atoms with E-state index in [0.717, 1.165) is 0 Å². The van der Waals surface area contributed by atoms with E-state index in [1.165, 1.54) is 6.08 Å². The van der Waals surface area contributed by atoms with Crippen LogP contribution in [0.2, 0.25) is 0 Å². The molecule has 0 N–H and O–H groups in total. The molecule has 0 spiro atoms. The Hall–Kier alpha value is 0.430. The molecule has 60 valence electrons. The van der Waals surface area contributed by atoms with Gasteiger partial charge in [0.2, 0.25) is 0 Å². The zero-order valence-corrected chi connectivity index (χ0v) is 7.23. The van der Waals surface area contributed by atoms with Crippen LogP contribution in [-0.2, 0) is 17.2 Å². The molecule has 0 atom stereocenters. The second-order valence-corrected chi connectivity index (χ2v) is 3.43. The standard InChI is InChI=1S/C3H5Cl2O4P/c1-2-3-7-10(6,8-4)9-5/h2H,1,3H2. The van der Waals surface area contributed by atoms with Gasteiger partial charge in [0.05, 0.1) is 30.3 Å². The Morgan fingerprint density at radius 3 is 2.30 bits per heavy atom. The summed E-state index contributed by atoms with van der Waals surface area (Å²) in [4.78, 5) is 0. The number of hydrogen-bond donors (Lipinski definition) is 0. The van der Waals surface area contributed by atoms with Crippen LogP contribution in [0.15, 0.2) is 12.7 Å². The molecular weight excluding hydrogens is 202 g/mol. The van der Waals surface area contributed by atoms with Crippen molar-refractivity contribution in [1.29, 1.82) is 0 Å². The SMILES string of the molecule is C=CCOP(=O)(OCl)OCl. The summed E-state index contributed by atoms with van der Waals surface area (Å²) in [5.74, 6) is 0. The van der Waals surface area contributed by atoms with Crippen molar-refractivity contribution in [3.8, 4) is 0 Å². The van der Waals surface area contributed by atoms with Crippen LogP contribution < -0.4 is 0 Å². The molecule has 0 aliphatic rings. The summed E-state index contributed by atoms with van der Waals surface area (Å²) in [6.07, 6.45) is 1.35. The zero-order chi connectivity index (χ0) is 8.04. The van der Waals surface area contributed by atoms with Gasteiger partial charge >= 0.3 is 7.82 Å². The minimum atomic E-state index is -3.74. The number of halogens is 2.